The molecule has 9 nitrogen and oxygen atoms in total. The van der Waals surface area contributed by atoms with Gasteiger partial charge in [0.1, 0.15) is 6.42 Å². The zero-order chi connectivity index (χ0) is 20.3. The van der Waals surface area contributed by atoms with E-state index in [2.05, 4.69) is 15.4 Å². The Morgan fingerprint density at radius 1 is 1.04 bits per heavy atom. The zero-order valence-electron chi connectivity index (χ0n) is 14.8. The highest BCUT2D eigenvalue weighted by molar-refractivity contribution is 7.92. The molecule has 0 bridgehead atoms. The average Bonchev–Trinajstić information content (AvgIpc) is 2.77. The molecule has 1 aliphatic heterocycles. The summed E-state index contributed by atoms with van der Waals surface area (Å²) >= 11 is 0. The van der Waals surface area contributed by atoms with Crippen LogP contribution in [0.1, 0.15) is 23.7 Å². The maximum Gasteiger partial charge on any atom is 0.338 e. The van der Waals surface area contributed by atoms with Crippen LogP contribution in [0.2, 0.25) is 0 Å². The van der Waals surface area contributed by atoms with Crippen LogP contribution in [0, 0.1) is 0 Å². The summed E-state index contributed by atoms with van der Waals surface area (Å²) in [7, 11) is -3.96. The Bertz CT molecular complexity index is 1050. The number of fused-ring (bicyclic) bond motifs is 1. The lowest BCUT2D eigenvalue weighted by atomic mass is 10.2. The second-order valence-electron chi connectivity index (χ2n) is 5.88. The van der Waals surface area contributed by atoms with Crippen molar-refractivity contribution in [3.8, 4) is 0 Å². The molecule has 0 radical (unpaired) electrons. The number of sulfonamides is 1. The number of esters is 1. The lowest BCUT2D eigenvalue weighted by Gasteiger charge is -2.12. The van der Waals surface area contributed by atoms with Crippen molar-refractivity contribution in [2.75, 3.05) is 22.0 Å². The number of ether oxygens (including phenoxy) is 1. The van der Waals surface area contributed by atoms with Gasteiger partial charge < -0.3 is 15.4 Å². The van der Waals surface area contributed by atoms with E-state index in [0.29, 0.717) is 11.3 Å². The molecule has 146 valence electrons. The van der Waals surface area contributed by atoms with Gasteiger partial charge in [0.05, 0.1) is 28.4 Å². The van der Waals surface area contributed by atoms with Gasteiger partial charge in [0, 0.05) is 5.69 Å². The number of hydrogen-bond acceptors (Lipinski definition) is 6. The molecule has 10 heteroatoms. The van der Waals surface area contributed by atoms with Crippen molar-refractivity contribution in [2.24, 2.45) is 0 Å². The fourth-order valence-electron chi connectivity index (χ4n) is 2.54. The molecule has 3 N–H and O–H groups in total. The van der Waals surface area contributed by atoms with Gasteiger partial charge in [-0.05, 0) is 49.4 Å². The maximum atomic E-state index is 12.6. The molecule has 2 aromatic rings. The number of hydrogen-bond donors (Lipinski definition) is 3. The average molecular weight is 403 g/mol. The molecule has 0 fully saturated rings. The Hall–Kier alpha value is -3.40. The molecule has 0 aromatic heterocycles. The molecular formula is C18H17N3O6S. The monoisotopic (exact) mass is 403 g/mol. The van der Waals surface area contributed by atoms with Gasteiger partial charge in [-0.25, -0.2) is 13.2 Å². The summed E-state index contributed by atoms with van der Waals surface area (Å²) in [5, 5.41) is 5.02. The molecule has 1 aliphatic rings. The van der Waals surface area contributed by atoms with Crippen molar-refractivity contribution in [1.82, 2.24) is 0 Å². The SMILES string of the molecule is CCOC(=O)c1ccc(NS(=O)(=O)c2ccc3c(c2)NC(=O)CC(=O)N3)cc1. The fourth-order valence-corrected chi connectivity index (χ4v) is 3.62. The number of carbonyl (C=O) groups excluding carboxylic acids is 3. The highest BCUT2D eigenvalue weighted by Gasteiger charge is 2.22. The molecular weight excluding hydrogens is 386 g/mol. The van der Waals surface area contributed by atoms with Crippen molar-refractivity contribution in [3.63, 3.8) is 0 Å². The van der Waals surface area contributed by atoms with Gasteiger partial charge in [0.2, 0.25) is 11.8 Å². The molecule has 0 unspecified atom stereocenters. The van der Waals surface area contributed by atoms with E-state index in [1.165, 1.54) is 42.5 Å². The van der Waals surface area contributed by atoms with Crippen molar-refractivity contribution in [1.29, 1.82) is 0 Å². The van der Waals surface area contributed by atoms with E-state index < -0.39 is 27.8 Å². The van der Waals surface area contributed by atoms with Crippen molar-refractivity contribution >= 4 is 44.9 Å². The highest BCUT2D eigenvalue weighted by Crippen LogP contribution is 2.28. The minimum atomic E-state index is -3.96. The third kappa shape index (κ3) is 4.29. The molecule has 0 aliphatic carbocycles. The minimum Gasteiger partial charge on any atom is -0.462 e. The topological polar surface area (TPSA) is 131 Å². The van der Waals surface area contributed by atoms with Gasteiger partial charge in [-0.1, -0.05) is 0 Å². The Labute approximate surface area is 161 Å². The summed E-state index contributed by atoms with van der Waals surface area (Å²) in [4.78, 5) is 34.8. The van der Waals surface area contributed by atoms with Gasteiger partial charge in [0.25, 0.3) is 10.0 Å². The first-order valence-corrected chi connectivity index (χ1v) is 9.80. The molecule has 0 saturated carbocycles. The fraction of sp³-hybridized carbons (Fsp3) is 0.167. The number of amides is 2. The largest absolute Gasteiger partial charge is 0.462 e. The molecule has 0 spiro atoms. The normalized spacial score (nSPS) is 13.6. The van der Waals surface area contributed by atoms with Gasteiger partial charge in [-0.3, -0.25) is 14.3 Å². The van der Waals surface area contributed by atoms with Crippen LogP contribution in [0.5, 0.6) is 0 Å². The maximum absolute atomic E-state index is 12.6. The quantitative estimate of drug-likeness (QED) is 0.517. The van der Waals surface area contributed by atoms with E-state index in [1.807, 2.05) is 0 Å². The van der Waals surface area contributed by atoms with E-state index in [4.69, 9.17) is 4.74 Å². The predicted octanol–water partition coefficient (Wildman–Crippen LogP) is 1.94. The van der Waals surface area contributed by atoms with Gasteiger partial charge >= 0.3 is 5.97 Å². The van der Waals surface area contributed by atoms with Crippen LogP contribution in [0.25, 0.3) is 0 Å². The number of carbonyl (C=O) groups is 3. The standard InChI is InChI=1S/C18H17N3O6S/c1-2-27-18(24)11-3-5-12(6-4-11)21-28(25,26)13-7-8-14-15(9-13)20-17(23)10-16(22)19-14/h3-9,21H,2,10H2,1H3,(H,19,22)(H,20,23). The van der Waals surface area contributed by atoms with Crippen LogP contribution in [-0.4, -0.2) is 32.8 Å². The third-order valence-corrected chi connectivity index (χ3v) is 5.20. The summed E-state index contributed by atoms with van der Waals surface area (Å²) in [5.74, 6) is -1.51. The second-order valence-corrected chi connectivity index (χ2v) is 7.57. The Morgan fingerprint density at radius 2 is 1.68 bits per heavy atom. The molecule has 3 rings (SSSR count). The van der Waals surface area contributed by atoms with Crippen LogP contribution >= 0.6 is 0 Å². The van der Waals surface area contributed by atoms with Crippen LogP contribution < -0.4 is 15.4 Å². The lowest BCUT2D eigenvalue weighted by molar-refractivity contribution is -0.123. The first-order valence-electron chi connectivity index (χ1n) is 8.32. The first kappa shape index (κ1) is 19.4. The highest BCUT2D eigenvalue weighted by atomic mass is 32.2. The summed E-state index contributed by atoms with van der Waals surface area (Å²) in [6, 6.07) is 9.74. The second kappa shape index (κ2) is 7.69. The first-order chi connectivity index (χ1) is 13.3. The summed E-state index contributed by atoms with van der Waals surface area (Å²) < 4.78 is 32.5. The van der Waals surface area contributed by atoms with Gasteiger partial charge in [-0.15, -0.1) is 0 Å². The number of benzene rings is 2. The molecule has 0 saturated heterocycles. The molecule has 0 atom stereocenters. The van der Waals surface area contributed by atoms with Crippen LogP contribution in [0.3, 0.4) is 0 Å². The summed E-state index contributed by atoms with van der Waals surface area (Å²) in [6.07, 6.45) is -0.345. The molecule has 2 aromatic carbocycles. The van der Waals surface area contributed by atoms with E-state index in [-0.39, 0.29) is 29.3 Å². The number of anilines is 3. The Morgan fingerprint density at radius 3 is 2.32 bits per heavy atom. The van der Waals surface area contributed by atoms with Gasteiger partial charge in [-0.2, -0.15) is 0 Å². The zero-order valence-corrected chi connectivity index (χ0v) is 15.6. The van der Waals surface area contributed by atoms with Crippen molar-refractivity contribution < 1.29 is 27.5 Å². The van der Waals surface area contributed by atoms with E-state index in [1.54, 1.807) is 6.92 Å². The van der Waals surface area contributed by atoms with E-state index in [9.17, 15) is 22.8 Å². The predicted molar refractivity (Wildman–Crippen MR) is 102 cm³/mol. The summed E-state index contributed by atoms with van der Waals surface area (Å²) in [5.41, 5.74) is 1.05. The molecule has 28 heavy (non-hydrogen) atoms. The summed E-state index contributed by atoms with van der Waals surface area (Å²) in [6.45, 7) is 1.93. The van der Waals surface area contributed by atoms with Crippen LogP contribution in [0.4, 0.5) is 17.1 Å². The molecule has 1 heterocycles. The minimum absolute atomic E-state index is 0.0998. The van der Waals surface area contributed by atoms with Crippen LogP contribution in [-0.2, 0) is 24.3 Å². The van der Waals surface area contributed by atoms with Crippen molar-refractivity contribution in [2.45, 2.75) is 18.2 Å². The van der Waals surface area contributed by atoms with Crippen LogP contribution in [0.15, 0.2) is 47.4 Å². The van der Waals surface area contributed by atoms with Crippen molar-refractivity contribution in [3.05, 3.63) is 48.0 Å². The number of nitrogens with one attached hydrogen (secondary N) is 3. The van der Waals surface area contributed by atoms with E-state index >= 15 is 0 Å². The Balaban J connectivity index is 1.82. The van der Waals surface area contributed by atoms with Gasteiger partial charge in [0.15, 0.2) is 0 Å². The lowest BCUT2D eigenvalue weighted by Crippen LogP contribution is -2.16. The number of rotatable bonds is 5. The molecule has 2 amide bonds. The Kier molecular flexibility index (Phi) is 5.32. The van der Waals surface area contributed by atoms with E-state index in [0.717, 1.165) is 0 Å². The third-order valence-electron chi connectivity index (χ3n) is 3.82. The smallest absolute Gasteiger partial charge is 0.338 e.